The smallest absolute Gasteiger partial charge is 0.312 e. The van der Waals surface area contributed by atoms with Crippen LogP contribution in [0.3, 0.4) is 0 Å². The first-order valence-electron chi connectivity index (χ1n) is 8.44. The fraction of sp³-hybridized carbons (Fsp3) is 0.889. The molecule has 6 nitrogen and oxygen atoms in total. The molecular formula is C18H32O6. The molecule has 0 N–H and O–H groups in total. The molecule has 0 spiro atoms. The van der Waals surface area contributed by atoms with Crippen molar-refractivity contribution in [3.8, 4) is 0 Å². The van der Waals surface area contributed by atoms with E-state index in [1.165, 1.54) is 0 Å². The molecule has 0 aromatic heterocycles. The second-order valence-electron chi connectivity index (χ2n) is 8.55. The van der Waals surface area contributed by atoms with E-state index in [2.05, 4.69) is 0 Å². The second-order valence-corrected chi connectivity index (χ2v) is 8.55. The molecule has 1 rings (SSSR count). The lowest BCUT2D eigenvalue weighted by atomic mass is 9.89. The predicted octanol–water partition coefficient (Wildman–Crippen LogP) is 3.22. The summed E-state index contributed by atoms with van der Waals surface area (Å²) in [5, 5.41) is 0. The van der Waals surface area contributed by atoms with E-state index >= 15 is 0 Å². The van der Waals surface area contributed by atoms with Crippen molar-refractivity contribution in [1.82, 2.24) is 0 Å². The Morgan fingerprint density at radius 1 is 1.04 bits per heavy atom. The number of esters is 2. The molecule has 1 heterocycles. The number of rotatable bonds is 5. The van der Waals surface area contributed by atoms with Crippen LogP contribution < -0.4 is 0 Å². The molecule has 0 aromatic carbocycles. The van der Waals surface area contributed by atoms with Crippen LogP contribution in [0.4, 0.5) is 0 Å². The fourth-order valence-corrected chi connectivity index (χ4v) is 2.01. The molecule has 0 radical (unpaired) electrons. The lowest BCUT2D eigenvalue weighted by molar-refractivity contribution is -0.306. The zero-order valence-corrected chi connectivity index (χ0v) is 16.3. The summed E-state index contributed by atoms with van der Waals surface area (Å²) in [6.07, 6.45) is 0.521. The van der Waals surface area contributed by atoms with Gasteiger partial charge in [-0.25, -0.2) is 0 Å². The summed E-state index contributed by atoms with van der Waals surface area (Å²) in [4.78, 5) is 24.8. The van der Waals surface area contributed by atoms with Gasteiger partial charge in [0.2, 0.25) is 0 Å². The topological polar surface area (TPSA) is 71.1 Å². The van der Waals surface area contributed by atoms with Crippen LogP contribution in [0, 0.1) is 5.41 Å². The fourth-order valence-electron chi connectivity index (χ4n) is 2.01. The van der Waals surface area contributed by atoms with Crippen LogP contribution in [0.1, 0.15) is 68.2 Å². The van der Waals surface area contributed by atoms with E-state index < -0.39 is 28.4 Å². The van der Waals surface area contributed by atoms with Gasteiger partial charge in [-0.1, -0.05) is 6.92 Å². The third kappa shape index (κ3) is 6.06. The molecule has 0 bridgehead atoms. The Kier molecular flexibility index (Phi) is 6.10. The Morgan fingerprint density at radius 3 is 1.96 bits per heavy atom. The van der Waals surface area contributed by atoms with Gasteiger partial charge in [-0.2, -0.15) is 0 Å². The molecule has 0 atom stereocenters. The molecular weight excluding hydrogens is 312 g/mol. The quantitative estimate of drug-likeness (QED) is 0.713. The summed E-state index contributed by atoms with van der Waals surface area (Å²) >= 11 is 0. The third-order valence-corrected chi connectivity index (χ3v) is 4.00. The first-order chi connectivity index (χ1) is 10.7. The van der Waals surface area contributed by atoms with Crippen LogP contribution in [0.5, 0.6) is 0 Å². The molecule has 1 fully saturated rings. The highest BCUT2D eigenvalue weighted by Gasteiger charge is 2.47. The summed E-state index contributed by atoms with van der Waals surface area (Å²) < 4.78 is 22.4. The van der Waals surface area contributed by atoms with E-state index in [-0.39, 0.29) is 25.6 Å². The molecule has 0 aliphatic carbocycles. The number of hydrogen-bond donors (Lipinski definition) is 0. The Morgan fingerprint density at radius 2 is 1.54 bits per heavy atom. The van der Waals surface area contributed by atoms with Crippen molar-refractivity contribution >= 4 is 11.9 Å². The summed E-state index contributed by atoms with van der Waals surface area (Å²) in [6, 6.07) is 0. The zero-order chi connectivity index (χ0) is 18.8. The molecule has 6 heteroatoms. The van der Waals surface area contributed by atoms with Crippen molar-refractivity contribution in [2.45, 2.75) is 85.2 Å². The van der Waals surface area contributed by atoms with Gasteiger partial charge in [0.25, 0.3) is 0 Å². The first kappa shape index (κ1) is 20.9. The first-order valence-corrected chi connectivity index (χ1v) is 8.44. The van der Waals surface area contributed by atoms with E-state index in [1.807, 2.05) is 20.8 Å². The van der Waals surface area contributed by atoms with Crippen LogP contribution in [-0.2, 0) is 28.5 Å². The molecule has 0 unspecified atom stereocenters. The summed E-state index contributed by atoms with van der Waals surface area (Å²) in [5.41, 5.74) is -2.42. The zero-order valence-electron chi connectivity index (χ0n) is 16.3. The second kappa shape index (κ2) is 7.00. The van der Waals surface area contributed by atoms with E-state index in [1.54, 1.807) is 34.6 Å². The monoisotopic (exact) mass is 344 g/mol. The Balaban J connectivity index is 2.93. The maximum absolute atomic E-state index is 12.5. The van der Waals surface area contributed by atoms with Gasteiger partial charge < -0.3 is 18.9 Å². The van der Waals surface area contributed by atoms with E-state index in [4.69, 9.17) is 18.9 Å². The van der Waals surface area contributed by atoms with Crippen LogP contribution in [0.2, 0.25) is 0 Å². The summed E-state index contributed by atoms with van der Waals surface area (Å²) in [5.74, 6) is -1.60. The highest BCUT2D eigenvalue weighted by molar-refractivity contribution is 5.77. The van der Waals surface area contributed by atoms with E-state index in [9.17, 15) is 9.59 Å². The highest BCUT2D eigenvalue weighted by atomic mass is 16.7. The number of ether oxygens (including phenoxy) is 4. The average molecular weight is 344 g/mol. The Labute approximate surface area is 145 Å². The van der Waals surface area contributed by atoms with Gasteiger partial charge in [-0.05, 0) is 54.9 Å². The number of carbonyl (C=O) groups is 2. The van der Waals surface area contributed by atoms with E-state index in [0.29, 0.717) is 6.42 Å². The van der Waals surface area contributed by atoms with Crippen LogP contribution >= 0.6 is 0 Å². The van der Waals surface area contributed by atoms with Crippen molar-refractivity contribution in [2.24, 2.45) is 5.41 Å². The lowest BCUT2D eigenvalue weighted by Crippen LogP contribution is -2.56. The SMILES string of the molecule is CCC(C)(C)C(=O)OC1(CC(=O)OC(C)(C)C)COC(C)(C)OC1. The highest BCUT2D eigenvalue weighted by Crippen LogP contribution is 2.33. The van der Waals surface area contributed by atoms with Gasteiger partial charge >= 0.3 is 11.9 Å². The summed E-state index contributed by atoms with van der Waals surface area (Å²) in [7, 11) is 0. The standard InChI is InChI=1S/C18H32O6/c1-9-16(5,6)14(20)24-18(10-13(19)23-15(2,3)4)11-21-17(7,8)22-12-18/h9-12H2,1-8H3. The largest absolute Gasteiger partial charge is 0.460 e. The Bertz CT molecular complexity index is 462. The van der Waals surface area contributed by atoms with Gasteiger partial charge in [0, 0.05) is 0 Å². The molecule has 140 valence electrons. The van der Waals surface area contributed by atoms with Gasteiger partial charge in [0.1, 0.15) is 5.60 Å². The molecule has 1 aliphatic heterocycles. The van der Waals surface area contributed by atoms with Gasteiger partial charge in [0.15, 0.2) is 11.4 Å². The number of carbonyl (C=O) groups excluding carboxylic acids is 2. The van der Waals surface area contributed by atoms with Crippen molar-refractivity contribution in [1.29, 1.82) is 0 Å². The third-order valence-electron chi connectivity index (χ3n) is 4.00. The molecule has 24 heavy (non-hydrogen) atoms. The van der Waals surface area contributed by atoms with Crippen molar-refractivity contribution in [3.05, 3.63) is 0 Å². The van der Waals surface area contributed by atoms with Gasteiger partial charge in [0.05, 0.1) is 25.0 Å². The molecule has 1 saturated heterocycles. The van der Waals surface area contributed by atoms with Gasteiger partial charge in [-0.3, -0.25) is 9.59 Å². The average Bonchev–Trinajstić information content (AvgIpc) is 2.40. The van der Waals surface area contributed by atoms with Gasteiger partial charge in [-0.15, -0.1) is 0 Å². The minimum Gasteiger partial charge on any atom is -0.460 e. The van der Waals surface area contributed by atoms with E-state index in [0.717, 1.165) is 0 Å². The minimum absolute atomic E-state index is 0.0881. The molecule has 0 amide bonds. The maximum Gasteiger partial charge on any atom is 0.312 e. The van der Waals surface area contributed by atoms with Crippen molar-refractivity contribution < 1.29 is 28.5 Å². The van der Waals surface area contributed by atoms with Crippen LogP contribution in [0.25, 0.3) is 0 Å². The van der Waals surface area contributed by atoms with Crippen LogP contribution in [0.15, 0.2) is 0 Å². The maximum atomic E-state index is 12.5. The van der Waals surface area contributed by atoms with Crippen molar-refractivity contribution in [2.75, 3.05) is 13.2 Å². The summed E-state index contributed by atoms with van der Waals surface area (Å²) in [6.45, 7) is 14.6. The predicted molar refractivity (Wildman–Crippen MR) is 89.3 cm³/mol. The molecule has 0 saturated carbocycles. The van der Waals surface area contributed by atoms with Crippen molar-refractivity contribution in [3.63, 3.8) is 0 Å². The Hall–Kier alpha value is -1.14. The molecule has 1 aliphatic rings. The minimum atomic E-state index is -1.17. The normalized spacial score (nSPS) is 20.3. The molecule has 0 aromatic rings. The van der Waals surface area contributed by atoms with Crippen LogP contribution in [-0.4, -0.2) is 42.1 Å². The number of hydrogen-bond acceptors (Lipinski definition) is 6. The lowest BCUT2D eigenvalue weighted by Gasteiger charge is -2.43.